The number of hydrogen-bond acceptors (Lipinski definition) is 4. The Labute approximate surface area is 138 Å². The Balaban J connectivity index is 2.61. The summed E-state index contributed by atoms with van der Waals surface area (Å²) in [6, 6.07) is 9.85. The summed E-state index contributed by atoms with van der Waals surface area (Å²) >= 11 is 0. The summed E-state index contributed by atoms with van der Waals surface area (Å²) < 4.78 is 11.0. The first-order valence-electron chi connectivity index (χ1n) is 7.75. The SMILES string of the molecule is CC(=O)OC(CCOCc1ccccc1)C(C)(C)C(=O)N(C)C. The molecule has 1 aromatic rings. The van der Waals surface area contributed by atoms with E-state index in [1.54, 1.807) is 27.9 Å². The fraction of sp³-hybridized carbons (Fsp3) is 0.556. The van der Waals surface area contributed by atoms with Crippen molar-refractivity contribution < 1.29 is 19.1 Å². The highest BCUT2D eigenvalue weighted by Gasteiger charge is 2.39. The number of benzene rings is 1. The Morgan fingerprint density at radius 1 is 1.17 bits per heavy atom. The van der Waals surface area contributed by atoms with Crippen LogP contribution in [0, 0.1) is 5.41 Å². The summed E-state index contributed by atoms with van der Waals surface area (Å²) in [6.07, 6.45) is -0.0513. The van der Waals surface area contributed by atoms with E-state index in [1.807, 2.05) is 30.3 Å². The summed E-state index contributed by atoms with van der Waals surface area (Å²) in [4.78, 5) is 25.2. The topological polar surface area (TPSA) is 55.8 Å². The van der Waals surface area contributed by atoms with Gasteiger partial charge in [0.15, 0.2) is 0 Å². The minimum absolute atomic E-state index is 0.0770. The van der Waals surface area contributed by atoms with Gasteiger partial charge in [0.25, 0.3) is 0 Å². The summed E-state index contributed by atoms with van der Waals surface area (Å²) in [5.41, 5.74) is 0.283. The normalized spacial score (nSPS) is 12.6. The molecule has 1 rings (SSSR count). The highest BCUT2D eigenvalue weighted by molar-refractivity contribution is 5.82. The van der Waals surface area contributed by atoms with Gasteiger partial charge in [0.2, 0.25) is 5.91 Å². The first-order chi connectivity index (χ1) is 10.7. The molecule has 0 saturated heterocycles. The predicted octanol–water partition coefficient (Wildman–Crippen LogP) is 2.64. The van der Waals surface area contributed by atoms with Gasteiger partial charge in [-0.25, -0.2) is 0 Å². The van der Waals surface area contributed by atoms with Gasteiger partial charge in [-0.15, -0.1) is 0 Å². The number of amides is 1. The smallest absolute Gasteiger partial charge is 0.302 e. The van der Waals surface area contributed by atoms with E-state index >= 15 is 0 Å². The quantitative estimate of drug-likeness (QED) is 0.545. The van der Waals surface area contributed by atoms with Crippen LogP contribution in [0.2, 0.25) is 0 Å². The van der Waals surface area contributed by atoms with E-state index in [4.69, 9.17) is 9.47 Å². The van der Waals surface area contributed by atoms with Gasteiger partial charge in [-0.05, 0) is 19.4 Å². The van der Waals surface area contributed by atoms with Crippen LogP contribution in [0.5, 0.6) is 0 Å². The third-order valence-electron chi connectivity index (χ3n) is 3.71. The van der Waals surface area contributed by atoms with Gasteiger partial charge in [-0.3, -0.25) is 9.59 Å². The average Bonchev–Trinajstić information content (AvgIpc) is 2.50. The van der Waals surface area contributed by atoms with E-state index in [1.165, 1.54) is 11.8 Å². The van der Waals surface area contributed by atoms with Crippen LogP contribution in [-0.2, 0) is 25.7 Å². The minimum atomic E-state index is -0.800. The summed E-state index contributed by atoms with van der Waals surface area (Å²) in [6.45, 7) is 5.85. The van der Waals surface area contributed by atoms with E-state index in [2.05, 4.69) is 0 Å². The highest BCUT2D eigenvalue weighted by atomic mass is 16.5. The molecule has 0 aromatic heterocycles. The molecule has 0 bridgehead atoms. The molecule has 0 aliphatic carbocycles. The lowest BCUT2D eigenvalue weighted by molar-refractivity contribution is -0.161. The zero-order valence-corrected chi connectivity index (χ0v) is 14.7. The molecule has 0 spiro atoms. The molecular formula is C18H27NO4. The monoisotopic (exact) mass is 321 g/mol. The Kier molecular flexibility index (Phi) is 7.23. The maximum Gasteiger partial charge on any atom is 0.302 e. The molecule has 0 aliphatic rings. The minimum Gasteiger partial charge on any atom is -0.461 e. The number of carbonyl (C=O) groups is 2. The van der Waals surface area contributed by atoms with Gasteiger partial charge < -0.3 is 14.4 Å². The summed E-state index contributed by atoms with van der Waals surface area (Å²) in [7, 11) is 3.39. The van der Waals surface area contributed by atoms with E-state index < -0.39 is 17.5 Å². The van der Waals surface area contributed by atoms with Crippen LogP contribution in [0.1, 0.15) is 32.8 Å². The number of esters is 1. The van der Waals surface area contributed by atoms with E-state index in [9.17, 15) is 9.59 Å². The van der Waals surface area contributed by atoms with Crippen molar-refractivity contribution in [3.63, 3.8) is 0 Å². The molecule has 1 amide bonds. The number of ether oxygens (including phenoxy) is 2. The number of hydrogen-bond donors (Lipinski definition) is 0. The molecule has 0 radical (unpaired) electrons. The zero-order valence-electron chi connectivity index (χ0n) is 14.7. The third-order valence-corrected chi connectivity index (χ3v) is 3.71. The number of carbonyl (C=O) groups excluding carboxylic acids is 2. The van der Waals surface area contributed by atoms with Crippen LogP contribution in [0.3, 0.4) is 0 Å². The van der Waals surface area contributed by atoms with Crippen molar-refractivity contribution in [1.29, 1.82) is 0 Å². The first-order valence-corrected chi connectivity index (χ1v) is 7.75. The van der Waals surface area contributed by atoms with E-state index in [-0.39, 0.29) is 5.91 Å². The molecule has 0 saturated carbocycles. The van der Waals surface area contributed by atoms with Crippen LogP contribution in [0.25, 0.3) is 0 Å². The number of rotatable bonds is 8. The Hall–Kier alpha value is -1.88. The first kappa shape index (κ1) is 19.2. The van der Waals surface area contributed by atoms with Gasteiger partial charge in [0.1, 0.15) is 6.10 Å². The molecule has 0 N–H and O–H groups in total. The lowest BCUT2D eigenvalue weighted by Gasteiger charge is -2.34. The van der Waals surface area contributed by atoms with Crippen LogP contribution in [0.4, 0.5) is 0 Å². The summed E-state index contributed by atoms with van der Waals surface area (Å²) in [5, 5.41) is 0. The zero-order chi connectivity index (χ0) is 17.5. The number of nitrogens with zero attached hydrogens (tertiary/aromatic N) is 1. The molecule has 1 aromatic carbocycles. The maximum atomic E-state index is 12.3. The highest BCUT2D eigenvalue weighted by Crippen LogP contribution is 2.28. The van der Waals surface area contributed by atoms with Gasteiger partial charge >= 0.3 is 5.97 Å². The van der Waals surface area contributed by atoms with E-state index in [0.29, 0.717) is 19.6 Å². The van der Waals surface area contributed by atoms with Crippen molar-refractivity contribution in [2.45, 2.75) is 39.9 Å². The lowest BCUT2D eigenvalue weighted by atomic mass is 9.83. The Bertz CT molecular complexity index is 511. The van der Waals surface area contributed by atoms with Crippen molar-refractivity contribution in [3.8, 4) is 0 Å². The van der Waals surface area contributed by atoms with Crippen molar-refractivity contribution >= 4 is 11.9 Å². The van der Waals surface area contributed by atoms with Crippen molar-refractivity contribution in [3.05, 3.63) is 35.9 Å². The molecule has 1 unspecified atom stereocenters. The third kappa shape index (κ3) is 6.02. The molecular weight excluding hydrogens is 294 g/mol. The van der Waals surface area contributed by atoms with Gasteiger partial charge in [0.05, 0.1) is 18.6 Å². The molecule has 128 valence electrons. The maximum absolute atomic E-state index is 12.3. The molecule has 23 heavy (non-hydrogen) atoms. The lowest BCUT2D eigenvalue weighted by Crippen LogP contribution is -2.46. The second kappa shape index (κ2) is 8.67. The van der Waals surface area contributed by atoms with Gasteiger partial charge in [0, 0.05) is 27.4 Å². The summed E-state index contributed by atoms with van der Waals surface area (Å²) in [5.74, 6) is -0.468. The van der Waals surface area contributed by atoms with Crippen molar-refractivity contribution in [1.82, 2.24) is 4.90 Å². The fourth-order valence-corrected chi connectivity index (χ4v) is 2.44. The standard InChI is InChI=1S/C18H27NO4/c1-14(20)23-16(18(2,3)17(21)19(4)5)11-12-22-13-15-9-7-6-8-10-15/h6-10,16H,11-13H2,1-5H3. The Morgan fingerprint density at radius 2 is 1.78 bits per heavy atom. The molecule has 5 heteroatoms. The molecule has 0 heterocycles. The Morgan fingerprint density at radius 3 is 2.30 bits per heavy atom. The van der Waals surface area contributed by atoms with Crippen molar-refractivity contribution in [2.24, 2.45) is 5.41 Å². The predicted molar refractivity (Wildman–Crippen MR) is 88.7 cm³/mol. The van der Waals surface area contributed by atoms with E-state index in [0.717, 1.165) is 5.56 Å². The second-order valence-corrected chi connectivity index (χ2v) is 6.35. The van der Waals surface area contributed by atoms with Gasteiger partial charge in [-0.1, -0.05) is 30.3 Å². The molecule has 5 nitrogen and oxygen atoms in total. The average molecular weight is 321 g/mol. The second-order valence-electron chi connectivity index (χ2n) is 6.35. The largest absolute Gasteiger partial charge is 0.461 e. The molecule has 0 fully saturated rings. The van der Waals surface area contributed by atoms with Gasteiger partial charge in [-0.2, -0.15) is 0 Å². The molecule has 0 aliphatic heterocycles. The molecule has 1 atom stereocenters. The van der Waals surface area contributed by atoms with Crippen LogP contribution < -0.4 is 0 Å². The van der Waals surface area contributed by atoms with Crippen LogP contribution in [-0.4, -0.2) is 43.6 Å². The van der Waals surface area contributed by atoms with Crippen LogP contribution >= 0.6 is 0 Å². The van der Waals surface area contributed by atoms with Crippen molar-refractivity contribution in [2.75, 3.05) is 20.7 Å². The fourth-order valence-electron chi connectivity index (χ4n) is 2.44. The van der Waals surface area contributed by atoms with Crippen LogP contribution in [0.15, 0.2) is 30.3 Å².